The molecular formula is C21H31F3N4O2. The van der Waals surface area contributed by atoms with E-state index in [2.05, 4.69) is 15.2 Å². The zero-order valence-electron chi connectivity index (χ0n) is 17.4. The lowest BCUT2D eigenvalue weighted by Crippen LogP contribution is -2.52. The van der Waals surface area contributed by atoms with Gasteiger partial charge in [0.25, 0.3) is 0 Å². The second-order valence-electron chi connectivity index (χ2n) is 7.85. The van der Waals surface area contributed by atoms with Gasteiger partial charge in [0.1, 0.15) is 0 Å². The number of halogens is 3. The van der Waals surface area contributed by atoms with E-state index in [0.29, 0.717) is 56.9 Å². The number of hydrogen-bond donors (Lipinski definition) is 2. The summed E-state index contributed by atoms with van der Waals surface area (Å²) in [6.07, 6.45) is -2.56. The van der Waals surface area contributed by atoms with Crippen LogP contribution < -0.4 is 10.2 Å². The predicted octanol–water partition coefficient (Wildman–Crippen LogP) is 2.58. The molecule has 0 spiro atoms. The third-order valence-corrected chi connectivity index (χ3v) is 5.27. The van der Waals surface area contributed by atoms with E-state index < -0.39 is 17.8 Å². The molecule has 168 valence electrons. The first kappa shape index (κ1) is 22.7. The Bertz CT molecular complexity index is 702. The van der Waals surface area contributed by atoms with Gasteiger partial charge in [0, 0.05) is 45.0 Å². The number of guanidine groups is 1. The summed E-state index contributed by atoms with van der Waals surface area (Å²) in [5.74, 6) is 1.37. The molecule has 1 saturated heterocycles. The van der Waals surface area contributed by atoms with Gasteiger partial charge in [-0.05, 0) is 43.9 Å². The number of nitrogens with one attached hydrogen (secondary N) is 1. The van der Waals surface area contributed by atoms with Crippen LogP contribution in [0.1, 0.15) is 25.3 Å². The Morgan fingerprint density at radius 1 is 1.27 bits per heavy atom. The SMILES string of the molecule is CCNC(=NCC(O)COCC1CC1)N1CCN(c2cccc(C(F)(F)F)c2)CC1. The molecule has 30 heavy (non-hydrogen) atoms. The van der Waals surface area contributed by atoms with E-state index in [1.165, 1.54) is 25.0 Å². The van der Waals surface area contributed by atoms with Crippen LogP contribution >= 0.6 is 0 Å². The van der Waals surface area contributed by atoms with E-state index in [9.17, 15) is 18.3 Å². The van der Waals surface area contributed by atoms with Crippen molar-refractivity contribution in [1.29, 1.82) is 0 Å². The number of aliphatic hydroxyl groups is 1. The van der Waals surface area contributed by atoms with Crippen LogP contribution in [0.4, 0.5) is 18.9 Å². The van der Waals surface area contributed by atoms with Gasteiger partial charge in [0.2, 0.25) is 0 Å². The first-order chi connectivity index (χ1) is 14.4. The molecule has 1 unspecified atom stereocenters. The average Bonchev–Trinajstić information content (AvgIpc) is 3.55. The van der Waals surface area contributed by atoms with Crippen LogP contribution in [0.5, 0.6) is 0 Å². The van der Waals surface area contributed by atoms with Crippen molar-refractivity contribution in [3.8, 4) is 0 Å². The number of aliphatic hydroxyl groups excluding tert-OH is 1. The number of alkyl halides is 3. The fourth-order valence-corrected chi connectivity index (χ4v) is 3.38. The van der Waals surface area contributed by atoms with E-state index in [1.807, 2.05) is 11.8 Å². The normalized spacial score (nSPS) is 19.2. The maximum atomic E-state index is 13.0. The highest BCUT2D eigenvalue weighted by molar-refractivity contribution is 5.80. The van der Waals surface area contributed by atoms with Gasteiger partial charge in [-0.2, -0.15) is 13.2 Å². The van der Waals surface area contributed by atoms with Gasteiger partial charge in [-0.3, -0.25) is 4.99 Å². The molecule has 1 aliphatic heterocycles. The van der Waals surface area contributed by atoms with Crippen LogP contribution in [0, 0.1) is 5.92 Å². The fraction of sp³-hybridized carbons (Fsp3) is 0.667. The summed E-state index contributed by atoms with van der Waals surface area (Å²) in [5.41, 5.74) is -0.0510. The van der Waals surface area contributed by atoms with Crippen LogP contribution in [-0.4, -0.2) is 74.6 Å². The van der Waals surface area contributed by atoms with Crippen molar-refractivity contribution in [3.05, 3.63) is 29.8 Å². The van der Waals surface area contributed by atoms with Crippen molar-refractivity contribution in [2.24, 2.45) is 10.9 Å². The first-order valence-corrected chi connectivity index (χ1v) is 10.6. The largest absolute Gasteiger partial charge is 0.416 e. The Hall–Kier alpha value is -2.00. The van der Waals surface area contributed by atoms with Crippen molar-refractivity contribution in [3.63, 3.8) is 0 Å². The minimum absolute atomic E-state index is 0.251. The van der Waals surface area contributed by atoms with Crippen LogP contribution in [0.25, 0.3) is 0 Å². The number of hydrogen-bond acceptors (Lipinski definition) is 4. The molecule has 1 saturated carbocycles. The predicted molar refractivity (Wildman–Crippen MR) is 111 cm³/mol. The maximum absolute atomic E-state index is 13.0. The standard InChI is InChI=1S/C21H31F3N4O2/c1-2-25-20(26-13-19(29)15-30-14-16-6-7-16)28-10-8-27(9-11-28)18-5-3-4-17(12-18)21(22,23)24/h3-5,12,16,19,29H,2,6-11,13-15H2,1H3,(H,25,26). The Kier molecular flexibility index (Phi) is 7.82. The van der Waals surface area contributed by atoms with E-state index in [4.69, 9.17) is 4.74 Å². The molecule has 1 aliphatic carbocycles. The molecule has 0 amide bonds. The molecule has 0 radical (unpaired) electrons. The molecule has 1 atom stereocenters. The molecule has 3 rings (SSSR count). The van der Waals surface area contributed by atoms with Gasteiger partial charge in [-0.1, -0.05) is 6.07 Å². The lowest BCUT2D eigenvalue weighted by molar-refractivity contribution is -0.137. The van der Waals surface area contributed by atoms with Gasteiger partial charge in [-0.25, -0.2) is 0 Å². The highest BCUT2D eigenvalue weighted by atomic mass is 19.4. The van der Waals surface area contributed by atoms with Gasteiger partial charge in [0.15, 0.2) is 5.96 Å². The highest BCUT2D eigenvalue weighted by Crippen LogP contribution is 2.32. The maximum Gasteiger partial charge on any atom is 0.416 e. The van der Waals surface area contributed by atoms with Crippen LogP contribution in [0.15, 0.2) is 29.3 Å². The van der Waals surface area contributed by atoms with Gasteiger partial charge < -0.3 is 25.0 Å². The number of rotatable bonds is 8. The smallest absolute Gasteiger partial charge is 0.389 e. The van der Waals surface area contributed by atoms with Crippen molar-refractivity contribution in [2.75, 3.05) is 57.4 Å². The third kappa shape index (κ3) is 6.77. The number of ether oxygens (including phenoxy) is 1. The summed E-state index contributed by atoms with van der Waals surface area (Å²) in [7, 11) is 0. The number of nitrogens with zero attached hydrogens (tertiary/aromatic N) is 3. The average molecular weight is 428 g/mol. The molecular weight excluding hydrogens is 397 g/mol. The van der Waals surface area contributed by atoms with Crippen molar-refractivity contribution in [1.82, 2.24) is 10.2 Å². The van der Waals surface area contributed by atoms with Crippen molar-refractivity contribution < 1.29 is 23.0 Å². The Morgan fingerprint density at radius 2 is 2.00 bits per heavy atom. The molecule has 1 aromatic rings. The molecule has 2 fully saturated rings. The topological polar surface area (TPSA) is 60.3 Å². The van der Waals surface area contributed by atoms with Crippen LogP contribution in [0.2, 0.25) is 0 Å². The fourth-order valence-electron chi connectivity index (χ4n) is 3.38. The minimum Gasteiger partial charge on any atom is -0.389 e. The molecule has 9 heteroatoms. The summed E-state index contributed by atoms with van der Waals surface area (Å²) in [5, 5.41) is 13.3. The number of piperazine rings is 1. The van der Waals surface area contributed by atoms with Crippen LogP contribution in [0.3, 0.4) is 0 Å². The molecule has 1 aromatic carbocycles. The summed E-state index contributed by atoms with van der Waals surface area (Å²) < 4.78 is 44.4. The third-order valence-electron chi connectivity index (χ3n) is 5.27. The highest BCUT2D eigenvalue weighted by Gasteiger charge is 2.31. The first-order valence-electron chi connectivity index (χ1n) is 10.6. The summed E-state index contributed by atoms with van der Waals surface area (Å²) in [6, 6.07) is 5.45. The zero-order valence-corrected chi connectivity index (χ0v) is 17.4. The van der Waals surface area contributed by atoms with Gasteiger partial charge >= 0.3 is 6.18 Å². The monoisotopic (exact) mass is 428 g/mol. The van der Waals surface area contributed by atoms with Crippen molar-refractivity contribution >= 4 is 11.6 Å². The van der Waals surface area contributed by atoms with Crippen molar-refractivity contribution in [2.45, 2.75) is 32.0 Å². The Labute approximate surface area is 175 Å². The van der Waals surface area contributed by atoms with Gasteiger partial charge in [0.05, 0.1) is 24.8 Å². The molecule has 2 aliphatic rings. The minimum atomic E-state index is -4.34. The lowest BCUT2D eigenvalue weighted by atomic mass is 10.1. The molecule has 1 heterocycles. The number of benzene rings is 1. The summed E-state index contributed by atoms with van der Waals surface area (Å²) in [4.78, 5) is 8.56. The number of aliphatic imine (C=N–C) groups is 1. The second kappa shape index (κ2) is 10.3. The van der Waals surface area contributed by atoms with E-state index in [-0.39, 0.29) is 13.2 Å². The van der Waals surface area contributed by atoms with E-state index in [1.54, 1.807) is 6.07 Å². The molecule has 0 aromatic heterocycles. The van der Waals surface area contributed by atoms with E-state index >= 15 is 0 Å². The zero-order chi connectivity index (χ0) is 21.6. The molecule has 6 nitrogen and oxygen atoms in total. The van der Waals surface area contributed by atoms with Crippen LogP contribution in [-0.2, 0) is 10.9 Å². The lowest BCUT2D eigenvalue weighted by Gasteiger charge is -2.38. The summed E-state index contributed by atoms with van der Waals surface area (Å²) >= 11 is 0. The van der Waals surface area contributed by atoms with Gasteiger partial charge in [-0.15, -0.1) is 0 Å². The number of anilines is 1. The Balaban J connectivity index is 1.51. The second-order valence-corrected chi connectivity index (χ2v) is 7.85. The summed E-state index contributed by atoms with van der Waals surface area (Å²) in [6.45, 7) is 6.37. The molecule has 2 N–H and O–H groups in total. The molecule has 0 bridgehead atoms. The quantitative estimate of drug-likeness (QED) is 0.492. The Morgan fingerprint density at radius 3 is 2.63 bits per heavy atom. The van der Waals surface area contributed by atoms with E-state index in [0.717, 1.165) is 6.07 Å².